The van der Waals surface area contributed by atoms with Crippen LogP contribution in [0.1, 0.15) is 26.3 Å². The van der Waals surface area contributed by atoms with Crippen molar-refractivity contribution >= 4 is 11.8 Å². The fraction of sp³-hybridized carbons (Fsp3) is 0. The quantitative estimate of drug-likeness (QED) is 0.713. The minimum atomic E-state index is -1.43. The maximum atomic E-state index is 13.6. The number of carbonyl (C=O) groups excluding carboxylic acids is 1. The monoisotopic (exact) mass is 242 g/mol. The third-order valence-corrected chi connectivity index (χ3v) is 3.06. The van der Waals surface area contributed by atoms with Gasteiger partial charge in [-0.25, -0.2) is 9.18 Å². The Balaban J connectivity index is 2.41. The van der Waals surface area contributed by atoms with Gasteiger partial charge in [-0.05, 0) is 17.2 Å². The number of carboxylic acids is 1. The molecule has 0 atom stereocenters. The lowest BCUT2D eigenvalue weighted by Crippen LogP contribution is -2.09. The van der Waals surface area contributed by atoms with Gasteiger partial charge in [-0.15, -0.1) is 0 Å². The molecule has 0 saturated heterocycles. The van der Waals surface area contributed by atoms with E-state index in [4.69, 9.17) is 5.11 Å². The summed E-state index contributed by atoms with van der Waals surface area (Å²) < 4.78 is 13.6. The van der Waals surface area contributed by atoms with Gasteiger partial charge in [-0.1, -0.05) is 30.3 Å². The van der Waals surface area contributed by atoms with Crippen molar-refractivity contribution in [3.63, 3.8) is 0 Å². The molecule has 0 bridgehead atoms. The number of rotatable bonds is 1. The highest BCUT2D eigenvalue weighted by Crippen LogP contribution is 2.38. The first kappa shape index (κ1) is 10.7. The van der Waals surface area contributed by atoms with Crippen LogP contribution in [-0.4, -0.2) is 16.9 Å². The maximum absolute atomic E-state index is 13.6. The van der Waals surface area contributed by atoms with Crippen molar-refractivity contribution in [1.29, 1.82) is 0 Å². The van der Waals surface area contributed by atoms with Crippen LogP contribution in [0.15, 0.2) is 36.4 Å². The first-order valence-corrected chi connectivity index (χ1v) is 5.31. The zero-order valence-electron chi connectivity index (χ0n) is 9.11. The Kier molecular flexibility index (Phi) is 2.07. The molecule has 3 rings (SSSR count). The summed E-state index contributed by atoms with van der Waals surface area (Å²) in [5.41, 5.74) is 0.951. The van der Waals surface area contributed by atoms with Gasteiger partial charge in [0.25, 0.3) is 0 Å². The number of benzene rings is 2. The van der Waals surface area contributed by atoms with Crippen LogP contribution < -0.4 is 0 Å². The molecule has 0 saturated carbocycles. The summed E-state index contributed by atoms with van der Waals surface area (Å²) >= 11 is 0. The molecule has 0 amide bonds. The molecule has 0 unspecified atom stereocenters. The average Bonchev–Trinajstić information content (AvgIpc) is 2.63. The minimum absolute atomic E-state index is 0.0521. The number of halogens is 1. The van der Waals surface area contributed by atoms with Crippen LogP contribution >= 0.6 is 0 Å². The molecule has 2 aromatic carbocycles. The third kappa shape index (κ3) is 1.23. The lowest BCUT2D eigenvalue weighted by atomic mass is 10.0. The SMILES string of the molecule is O=C(O)c1c(F)ccc2c1C(=O)c1ccccc1-2. The van der Waals surface area contributed by atoms with E-state index in [-0.39, 0.29) is 5.56 Å². The zero-order chi connectivity index (χ0) is 12.9. The highest BCUT2D eigenvalue weighted by atomic mass is 19.1. The third-order valence-electron chi connectivity index (χ3n) is 3.06. The average molecular weight is 242 g/mol. The summed E-state index contributed by atoms with van der Waals surface area (Å²) in [7, 11) is 0. The Hall–Kier alpha value is -2.49. The van der Waals surface area contributed by atoms with Gasteiger partial charge in [-0.2, -0.15) is 0 Å². The van der Waals surface area contributed by atoms with Crippen LogP contribution in [0.4, 0.5) is 4.39 Å². The van der Waals surface area contributed by atoms with E-state index in [9.17, 15) is 14.0 Å². The second-order valence-corrected chi connectivity index (χ2v) is 4.02. The Morgan fingerprint density at radius 3 is 2.33 bits per heavy atom. The standard InChI is InChI=1S/C14H7FO3/c15-10-6-5-8-7-3-1-2-4-9(7)13(16)11(8)12(10)14(17)18/h1-6H,(H,17,18). The van der Waals surface area contributed by atoms with E-state index in [1.165, 1.54) is 6.07 Å². The Morgan fingerprint density at radius 1 is 1.00 bits per heavy atom. The molecule has 2 aromatic rings. The van der Waals surface area contributed by atoms with Gasteiger partial charge in [0.2, 0.25) is 0 Å². The van der Waals surface area contributed by atoms with Crippen molar-refractivity contribution < 1.29 is 19.1 Å². The van der Waals surface area contributed by atoms with Gasteiger partial charge < -0.3 is 5.11 Å². The van der Waals surface area contributed by atoms with E-state index >= 15 is 0 Å². The summed E-state index contributed by atoms with van der Waals surface area (Å²) in [4.78, 5) is 23.2. The summed E-state index contributed by atoms with van der Waals surface area (Å²) in [5, 5.41) is 9.03. The van der Waals surface area contributed by atoms with Crippen LogP contribution in [-0.2, 0) is 0 Å². The van der Waals surface area contributed by atoms with E-state index in [2.05, 4.69) is 0 Å². The zero-order valence-corrected chi connectivity index (χ0v) is 9.11. The lowest BCUT2D eigenvalue weighted by Gasteiger charge is -2.04. The van der Waals surface area contributed by atoms with E-state index in [0.717, 1.165) is 6.07 Å². The molecule has 0 radical (unpaired) electrons. The fourth-order valence-corrected chi connectivity index (χ4v) is 2.30. The van der Waals surface area contributed by atoms with Gasteiger partial charge in [0.05, 0.1) is 0 Å². The second kappa shape index (κ2) is 3.50. The first-order chi connectivity index (χ1) is 8.61. The predicted molar refractivity (Wildman–Crippen MR) is 62.2 cm³/mol. The molecule has 0 fully saturated rings. The Bertz CT molecular complexity index is 704. The van der Waals surface area contributed by atoms with Crippen LogP contribution in [0.25, 0.3) is 11.1 Å². The molecule has 0 heterocycles. The van der Waals surface area contributed by atoms with E-state index in [1.54, 1.807) is 24.3 Å². The molecular weight excluding hydrogens is 235 g/mol. The highest BCUT2D eigenvalue weighted by molar-refractivity contribution is 6.25. The molecule has 1 aliphatic carbocycles. The van der Waals surface area contributed by atoms with Crippen LogP contribution in [0.2, 0.25) is 0 Å². The lowest BCUT2D eigenvalue weighted by molar-refractivity contribution is 0.0688. The fourth-order valence-electron chi connectivity index (χ4n) is 2.30. The molecule has 1 N–H and O–H groups in total. The predicted octanol–water partition coefficient (Wildman–Crippen LogP) is 2.74. The van der Waals surface area contributed by atoms with Crippen molar-refractivity contribution in [2.24, 2.45) is 0 Å². The molecule has 3 nitrogen and oxygen atoms in total. The summed E-state index contributed by atoms with van der Waals surface area (Å²) in [6, 6.07) is 9.31. The number of carboxylic acid groups (broad SMARTS) is 1. The summed E-state index contributed by atoms with van der Waals surface area (Å²) in [6.07, 6.45) is 0. The molecular formula is C14H7FO3. The van der Waals surface area contributed by atoms with E-state index in [1.807, 2.05) is 0 Å². The Labute approximate surface area is 101 Å². The van der Waals surface area contributed by atoms with Crippen LogP contribution in [0, 0.1) is 5.82 Å². The van der Waals surface area contributed by atoms with Gasteiger partial charge in [0, 0.05) is 11.1 Å². The van der Waals surface area contributed by atoms with Crippen molar-refractivity contribution in [3.05, 3.63) is 58.9 Å². The van der Waals surface area contributed by atoms with Crippen LogP contribution in [0.3, 0.4) is 0 Å². The number of carbonyl (C=O) groups is 2. The van der Waals surface area contributed by atoms with E-state index in [0.29, 0.717) is 16.7 Å². The van der Waals surface area contributed by atoms with Crippen molar-refractivity contribution in [1.82, 2.24) is 0 Å². The van der Waals surface area contributed by atoms with Gasteiger partial charge in [0.1, 0.15) is 11.4 Å². The van der Waals surface area contributed by atoms with Gasteiger partial charge >= 0.3 is 5.97 Å². The second-order valence-electron chi connectivity index (χ2n) is 4.02. The van der Waals surface area contributed by atoms with Crippen molar-refractivity contribution in [3.8, 4) is 11.1 Å². The molecule has 0 aliphatic heterocycles. The van der Waals surface area contributed by atoms with Crippen LogP contribution in [0.5, 0.6) is 0 Å². The first-order valence-electron chi connectivity index (χ1n) is 5.31. The van der Waals surface area contributed by atoms with Gasteiger partial charge in [0.15, 0.2) is 5.78 Å². The number of ketones is 1. The maximum Gasteiger partial charge on any atom is 0.339 e. The number of aromatic carboxylic acids is 1. The summed E-state index contributed by atoms with van der Waals surface area (Å²) in [5.74, 6) is -2.74. The van der Waals surface area contributed by atoms with E-state index < -0.39 is 23.1 Å². The number of hydrogen-bond acceptors (Lipinski definition) is 2. The number of hydrogen-bond donors (Lipinski definition) is 1. The Morgan fingerprint density at radius 2 is 1.67 bits per heavy atom. The molecule has 4 heteroatoms. The molecule has 18 heavy (non-hydrogen) atoms. The van der Waals surface area contributed by atoms with Crippen molar-refractivity contribution in [2.45, 2.75) is 0 Å². The highest BCUT2D eigenvalue weighted by Gasteiger charge is 2.32. The molecule has 88 valence electrons. The van der Waals surface area contributed by atoms with Crippen molar-refractivity contribution in [2.75, 3.05) is 0 Å². The number of fused-ring (bicyclic) bond motifs is 3. The molecule has 0 spiro atoms. The van der Waals surface area contributed by atoms with Gasteiger partial charge in [-0.3, -0.25) is 4.79 Å². The normalized spacial score (nSPS) is 12.2. The topological polar surface area (TPSA) is 54.4 Å². The molecule has 1 aliphatic rings. The summed E-state index contributed by atoms with van der Waals surface area (Å²) in [6.45, 7) is 0. The largest absolute Gasteiger partial charge is 0.478 e. The smallest absolute Gasteiger partial charge is 0.339 e. The minimum Gasteiger partial charge on any atom is -0.478 e. The molecule has 0 aromatic heterocycles.